The van der Waals surface area contributed by atoms with E-state index in [0.717, 1.165) is 28.6 Å². The van der Waals surface area contributed by atoms with E-state index in [-0.39, 0.29) is 5.82 Å². The smallest absolute Gasteiger partial charge is 0.258 e. The molecular weight excluding hydrogens is 335 g/mol. The van der Waals surface area contributed by atoms with Gasteiger partial charge in [-0.1, -0.05) is 17.3 Å². The first-order valence-corrected chi connectivity index (χ1v) is 8.36. The normalized spacial score (nSPS) is 20.0. The van der Waals surface area contributed by atoms with Crippen LogP contribution in [0.5, 0.6) is 0 Å². The van der Waals surface area contributed by atoms with Crippen molar-refractivity contribution in [3.8, 4) is 11.5 Å². The molecule has 2 aromatic carbocycles. The zero-order chi connectivity index (χ0) is 17.6. The second-order valence-corrected chi connectivity index (χ2v) is 6.45. The number of imidazole rings is 1. The first kappa shape index (κ1) is 15.2. The average Bonchev–Trinajstić information content (AvgIpc) is 3.41. The third kappa shape index (κ3) is 2.32. The van der Waals surface area contributed by atoms with Crippen LogP contribution in [0.25, 0.3) is 22.5 Å². The van der Waals surface area contributed by atoms with Gasteiger partial charge in [-0.3, -0.25) is 0 Å². The van der Waals surface area contributed by atoms with Gasteiger partial charge in [0, 0.05) is 12.2 Å². The van der Waals surface area contributed by atoms with Crippen molar-refractivity contribution < 1.29 is 13.7 Å². The number of aromatic amines is 1. The molecule has 0 amide bonds. The van der Waals surface area contributed by atoms with E-state index >= 15 is 0 Å². The molecule has 1 fully saturated rings. The number of rotatable bonds is 3. The molecule has 26 heavy (non-hydrogen) atoms. The molecule has 0 saturated carbocycles. The lowest BCUT2D eigenvalue weighted by Gasteiger charge is -2.23. The van der Waals surface area contributed by atoms with Gasteiger partial charge in [-0.05, 0) is 42.3 Å². The molecule has 1 aliphatic rings. The zero-order valence-corrected chi connectivity index (χ0v) is 13.8. The van der Waals surface area contributed by atoms with Crippen molar-refractivity contribution in [1.82, 2.24) is 20.1 Å². The average molecular weight is 350 g/mol. The van der Waals surface area contributed by atoms with Gasteiger partial charge in [0.2, 0.25) is 0 Å². The minimum absolute atomic E-state index is 0.274. The molecule has 0 spiro atoms. The van der Waals surface area contributed by atoms with Crippen molar-refractivity contribution in [3.05, 3.63) is 66.0 Å². The van der Waals surface area contributed by atoms with Crippen molar-refractivity contribution >= 4 is 11.0 Å². The summed E-state index contributed by atoms with van der Waals surface area (Å²) in [4.78, 5) is 11.9. The van der Waals surface area contributed by atoms with E-state index in [4.69, 9.17) is 9.26 Å². The molecule has 7 heteroatoms. The van der Waals surface area contributed by atoms with E-state index in [9.17, 15) is 4.39 Å². The highest BCUT2D eigenvalue weighted by atomic mass is 19.1. The second-order valence-electron chi connectivity index (χ2n) is 6.45. The zero-order valence-electron chi connectivity index (χ0n) is 13.8. The van der Waals surface area contributed by atoms with Crippen molar-refractivity contribution in [2.75, 3.05) is 13.2 Å². The number of benzene rings is 2. The molecule has 130 valence electrons. The lowest BCUT2D eigenvalue weighted by Crippen LogP contribution is -2.29. The monoisotopic (exact) mass is 350 g/mol. The van der Waals surface area contributed by atoms with E-state index in [1.165, 1.54) is 12.1 Å². The highest BCUT2D eigenvalue weighted by molar-refractivity contribution is 5.79. The van der Waals surface area contributed by atoms with Crippen LogP contribution in [0.3, 0.4) is 0 Å². The maximum atomic E-state index is 13.3. The Labute approximate surface area is 148 Å². The van der Waals surface area contributed by atoms with E-state index in [1.807, 2.05) is 18.2 Å². The summed E-state index contributed by atoms with van der Waals surface area (Å²) in [5, 5.41) is 4.23. The highest BCUT2D eigenvalue weighted by Gasteiger charge is 2.43. The third-order valence-electron chi connectivity index (χ3n) is 4.94. The number of nitrogens with zero attached hydrogens (tertiary/aromatic N) is 3. The summed E-state index contributed by atoms with van der Waals surface area (Å²) in [6.07, 6.45) is 2.37. The number of halogens is 1. The third-order valence-corrected chi connectivity index (χ3v) is 4.94. The van der Waals surface area contributed by atoms with Gasteiger partial charge >= 0.3 is 0 Å². The summed E-state index contributed by atoms with van der Waals surface area (Å²) in [5.74, 6) is 0.718. The number of H-pyrrole nitrogens is 1. The van der Waals surface area contributed by atoms with Crippen molar-refractivity contribution in [1.29, 1.82) is 0 Å². The summed E-state index contributed by atoms with van der Waals surface area (Å²) in [5.41, 5.74) is 3.00. The molecule has 0 bridgehead atoms. The predicted octanol–water partition coefficient (Wildman–Crippen LogP) is 3.46. The highest BCUT2D eigenvalue weighted by Crippen LogP contribution is 2.39. The minimum atomic E-state index is -0.520. The fraction of sp³-hybridized carbons (Fsp3) is 0.211. The molecule has 1 aliphatic heterocycles. The molecule has 4 aromatic rings. The lowest BCUT2D eigenvalue weighted by molar-refractivity contribution is 0.182. The molecule has 3 heterocycles. The first-order valence-electron chi connectivity index (χ1n) is 8.36. The van der Waals surface area contributed by atoms with E-state index in [0.29, 0.717) is 24.9 Å². The van der Waals surface area contributed by atoms with Gasteiger partial charge < -0.3 is 14.2 Å². The number of aromatic nitrogens is 4. The van der Waals surface area contributed by atoms with Gasteiger partial charge in [-0.2, -0.15) is 4.98 Å². The van der Waals surface area contributed by atoms with Crippen LogP contribution < -0.4 is 0 Å². The van der Waals surface area contributed by atoms with E-state index in [1.54, 1.807) is 18.5 Å². The maximum Gasteiger partial charge on any atom is 0.258 e. The molecule has 0 radical (unpaired) electrons. The minimum Gasteiger partial charge on any atom is -0.380 e. The van der Waals surface area contributed by atoms with Gasteiger partial charge in [0.1, 0.15) is 5.82 Å². The molecule has 1 atom stereocenters. The Hall–Kier alpha value is -3.06. The van der Waals surface area contributed by atoms with Crippen LogP contribution >= 0.6 is 0 Å². The summed E-state index contributed by atoms with van der Waals surface area (Å²) >= 11 is 0. The molecule has 5 rings (SSSR count). The van der Waals surface area contributed by atoms with Crippen LogP contribution in [0.1, 0.15) is 17.8 Å². The molecular formula is C19H15FN4O2. The van der Waals surface area contributed by atoms with Crippen molar-refractivity contribution in [2.45, 2.75) is 11.8 Å². The fourth-order valence-corrected chi connectivity index (χ4v) is 3.47. The largest absolute Gasteiger partial charge is 0.380 e. The predicted molar refractivity (Wildman–Crippen MR) is 92.0 cm³/mol. The van der Waals surface area contributed by atoms with Crippen LogP contribution in [-0.4, -0.2) is 33.3 Å². The van der Waals surface area contributed by atoms with Crippen LogP contribution in [0.15, 0.2) is 53.3 Å². The van der Waals surface area contributed by atoms with Crippen LogP contribution in [0.2, 0.25) is 0 Å². The van der Waals surface area contributed by atoms with Crippen LogP contribution in [0.4, 0.5) is 4.39 Å². The number of hydrogen-bond donors (Lipinski definition) is 1. The lowest BCUT2D eigenvalue weighted by atomic mass is 9.79. The number of hydrogen-bond acceptors (Lipinski definition) is 5. The van der Waals surface area contributed by atoms with Crippen LogP contribution in [-0.2, 0) is 10.2 Å². The summed E-state index contributed by atoms with van der Waals surface area (Å²) in [6.45, 7) is 1.04. The molecule has 1 saturated heterocycles. The van der Waals surface area contributed by atoms with E-state index < -0.39 is 5.41 Å². The standard InChI is InChI=1S/C19H15FN4O2/c20-14-4-2-13(3-5-14)19(7-8-25-10-19)18-23-17(26-24-18)12-1-6-15-16(9-12)22-11-21-15/h1-6,9,11H,7-8,10H2,(H,21,22). The number of nitrogens with one attached hydrogen (secondary N) is 1. The molecule has 1 unspecified atom stereocenters. The van der Waals surface area contributed by atoms with Gasteiger partial charge in [0.05, 0.1) is 29.4 Å². The Kier molecular flexibility index (Phi) is 3.36. The Morgan fingerprint density at radius 1 is 1.12 bits per heavy atom. The molecule has 6 nitrogen and oxygen atoms in total. The Morgan fingerprint density at radius 3 is 2.81 bits per heavy atom. The summed E-state index contributed by atoms with van der Waals surface area (Å²) < 4.78 is 24.5. The Bertz CT molecular complexity index is 1060. The first-order chi connectivity index (χ1) is 12.7. The number of fused-ring (bicyclic) bond motifs is 1. The molecule has 0 aliphatic carbocycles. The van der Waals surface area contributed by atoms with Crippen LogP contribution in [0, 0.1) is 5.82 Å². The van der Waals surface area contributed by atoms with Gasteiger partial charge in [-0.15, -0.1) is 0 Å². The van der Waals surface area contributed by atoms with Gasteiger partial charge in [-0.25, -0.2) is 9.37 Å². The second kappa shape index (κ2) is 5.74. The Morgan fingerprint density at radius 2 is 2.00 bits per heavy atom. The van der Waals surface area contributed by atoms with Gasteiger partial charge in [0.25, 0.3) is 5.89 Å². The Balaban J connectivity index is 1.57. The van der Waals surface area contributed by atoms with Crippen molar-refractivity contribution in [3.63, 3.8) is 0 Å². The summed E-state index contributed by atoms with van der Waals surface area (Å²) in [6, 6.07) is 12.1. The topological polar surface area (TPSA) is 76.8 Å². The van der Waals surface area contributed by atoms with Crippen molar-refractivity contribution in [2.24, 2.45) is 0 Å². The maximum absolute atomic E-state index is 13.3. The quantitative estimate of drug-likeness (QED) is 0.612. The summed E-state index contributed by atoms with van der Waals surface area (Å²) in [7, 11) is 0. The molecule has 1 N–H and O–H groups in total. The molecule has 2 aromatic heterocycles. The fourth-order valence-electron chi connectivity index (χ4n) is 3.47. The number of ether oxygens (including phenoxy) is 1. The SMILES string of the molecule is Fc1ccc(C2(c3noc(-c4ccc5nc[nH]c5c4)n3)CCOC2)cc1. The van der Waals surface area contributed by atoms with E-state index in [2.05, 4.69) is 20.1 Å². The van der Waals surface area contributed by atoms with Gasteiger partial charge in [0.15, 0.2) is 5.82 Å².